The highest BCUT2D eigenvalue weighted by Gasteiger charge is 2.10. The van der Waals surface area contributed by atoms with Crippen molar-refractivity contribution in [3.63, 3.8) is 0 Å². The van der Waals surface area contributed by atoms with Gasteiger partial charge in [0.05, 0.1) is 10.6 Å². The number of hydrogen-bond donors (Lipinski definition) is 0. The van der Waals surface area contributed by atoms with E-state index in [0.29, 0.717) is 35.3 Å². The van der Waals surface area contributed by atoms with E-state index in [0.717, 1.165) is 5.75 Å². The summed E-state index contributed by atoms with van der Waals surface area (Å²) in [6, 6.07) is 23.1. The van der Waals surface area contributed by atoms with Crippen LogP contribution in [0, 0.1) is 0 Å². The number of para-hydroxylation sites is 2. The molecule has 0 N–H and O–H groups in total. The third kappa shape index (κ3) is 5.01. The van der Waals surface area contributed by atoms with Crippen molar-refractivity contribution in [1.29, 1.82) is 0 Å². The SMILES string of the molecule is O=C(Oc1ccccc1Cl)c1ccc(OCCOc2ccccc2)cc1. The normalized spacial score (nSPS) is 10.2. The van der Waals surface area contributed by atoms with Crippen LogP contribution in [0.1, 0.15) is 10.4 Å². The van der Waals surface area contributed by atoms with Gasteiger partial charge in [0.1, 0.15) is 30.5 Å². The molecular weight excluding hydrogens is 352 g/mol. The van der Waals surface area contributed by atoms with E-state index in [1.54, 1.807) is 48.5 Å². The topological polar surface area (TPSA) is 44.8 Å². The lowest BCUT2D eigenvalue weighted by Gasteiger charge is -2.09. The lowest BCUT2D eigenvalue weighted by Crippen LogP contribution is -2.10. The number of esters is 1. The molecule has 0 spiro atoms. The van der Waals surface area contributed by atoms with Crippen LogP contribution in [0.25, 0.3) is 0 Å². The van der Waals surface area contributed by atoms with Crippen molar-refractivity contribution >= 4 is 17.6 Å². The molecule has 3 aromatic rings. The number of carbonyl (C=O) groups is 1. The van der Waals surface area contributed by atoms with E-state index in [2.05, 4.69) is 0 Å². The van der Waals surface area contributed by atoms with Gasteiger partial charge in [-0.2, -0.15) is 0 Å². The smallest absolute Gasteiger partial charge is 0.343 e. The minimum absolute atomic E-state index is 0.331. The zero-order valence-corrected chi connectivity index (χ0v) is 14.7. The van der Waals surface area contributed by atoms with Crippen LogP contribution in [-0.2, 0) is 0 Å². The Hall–Kier alpha value is -2.98. The molecule has 0 bridgehead atoms. The molecule has 0 atom stereocenters. The first-order valence-electron chi connectivity index (χ1n) is 8.10. The van der Waals surface area contributed by atoms with Gasteiger partial charge >= 0.3 is 5.97 Å². The molecule has 0 aliphatic rings. The average Bonchev–Trinajstić information content (AvgIpc) is 2.68. The molecule has 3 rings (SSSR count). The minimum Gasteiger partial charge on any atom is -0.490 e. The monoisotopic (exact) mass is 368 g/mol. The maximum absolute atomic E-state index is 12.2. The quantitative estimate of drug-likeness (QED) is 0.334. The molecule has 0 saturated carbocycles. The van der Waals surface area contributed by atoms with E-state index in [1.165, 1.54) is 0 Å². The first-order chi connectivity index (χ1) is 12.7. The minimum atomic E-state index is -0.475. The van der Waals surface area contributed by atoms with Crippen LogP contribution in [0.15, 0.2) is 78.9 Å². The summed E-state index contributed by atoms with van der Waals surface area (Å²) in [6.45, 7) is 0.832. The number of benzene rings is 3. The molecule has 0 aliphatic heterocycles. The van der Waals surface area contributed by atoms with Gasteiger partial charge in [0, 0.05) is 0 Å². The summed E-state index contributed by atoms with van der Waals surface area (Å²) in [5.74, 6) is 1.30. The maximum atomic E-state index is 12.2. The summed E-state index contributed by atoms with van der Waals surface area (Å²) in [5, 5.41) is 0.388. The van der Waals surface area contributed by atoms with Crippen LogP contribution in [0.5, 0.6) is 17.2 Å². The van der Waals surface area contributed by atoms with E-state index in [-0.39, 0.29) is 0 Å². The van der Waals surface area contributed by atoms with Gasteiger partial charge in [-0.05, 0) is 48.5 Å². The van der Waals surface area contributed by atoms with Crippen LogP contribution in [0.3, 0.4) is 0 Å². The van der Waals surface area contributed by atoms with Crippen LogP contribution in [-0.4, -0.2) is 19.2 Å². The van der Waals surface area contributed by atoms with Crippen molar-refractivity contribution in [2.24, 2.45) is 0 Å². The fourth-order valence-electron chi connectivity index (χ4n) is 2.21. The second-order valence-electron chi connectivity index (χ2n) is 5.35. The van der Waals surface area contributed by atoms with Gasteiger partial charge in [-0.15, -0.1) is 0 Å². The van der Waals surface area contributed by atoms with Gasteiger partial charge in [0.2, 0.25) is 0 Å². The predicted octanol–water partition coefficient (Wildman–Crippen LogP) is 5.02. The van der Waals surface area contributed by atoms with Crippen molar-refractivity contribution in [3.8, 4) is 17.2 Å². The highest BCUT2D eigenvalue weighted by atomic mass is 35.5. The Labute approximate surface area is 156 Å². The van der Waals surface area contributed by atoms with Crippen LogP contribution < -0.4 is 14.2 Å². The first kappa shape index (κ1) is 17.8. The van der Waals surface area contributed by atoms with Crippen molar-refractivity contribution < 1.29 is 19.0 Å². The Kier molecular flexibility index (Phi) is 6.12. The number of rotatable bonds is 7. The Balaban J connectivity index is 1.48. The lowest BCUT2D eigenvalue weighted by atomic mass is 10.2. The standard InChI is InChI=1S/C21H17ClO4/c22-19-8-4-5-9-20(19)26-21(23)16-10-12-18(13-11-16)25-15-14-24-17-6-2-1-3-7-17/h1-13H,14-15H2. The van der Waals surface area contributed by atoms with Crippen LogP contribution in [0.4, 0.5) is 0 Å². The number of hydrogen-bond acceptors (Lipinski definition) is 4. The van der Waals surface area contributed by atoms with Gasteiger partial charge < -0.3 is 14.2 Å². The number of carbonyl (C=O) groups excluding carboxylic acids is 1. The van der Waals surface area contributed by atoms with E-state index in [4.69, 9.17) is 25.8 Å². The summed E-state index contributed by atoms with van der Waals surface area (Å²) in [6.07, 6.45) is 0. The molecule has 0 saturated heterocycles. The van der Waals surface area contributed by atoms with Crippen molar-refractivity contribution in [2.45, 2.75) is 0 Å². The fraction of sp³-hybridized carbons (Fsp3) is 0.0952. The number of halogens is 1. The molecule has 0 amide bonds. The Morgan fingerprint density at radius 3 is 1.96 bits per heavy atom. The van der Waals surface area contributed by atoms with Crippen molar-refractivity contribution in [2.75, 3.05) is 13.2 Å². The molecule has 0 aromatic heterocycles. The zero-order chi connectivity index (χ0) is 18.2. The van der Waals surface area contributed by atoms with Crippen LogP contribution >= 0.6 is 11.6 Å². The molecule has 132 valence electrons. The first-order valence-corrected chi connectivity index (χ1v) is 8.47. The molecule has 0 fully saturated rings. The van der Waals surface area contributed by atoms with Crippen LogP contribution in [0.2, 0.25) is 5.02 Å². The zero-order valence-electron chi connectivity index (χ0n) is 13.9. The molecule has 26 heavy (non-hydrogen) atoms. The van der Waals surface area contributed by atoms with E-state index >= 15 is 0 Å². The van der Waals surface area contributed by atoms with Gasteiger partial charge in [0.25, 0.3) is 0 Å². The highest BCUT2D eigenvalue weighted by molar-refractivity contribution is 6.32. The number of ether oxygens (including phenoxy) is 3. The van der Waals surface area contributed by atoms with Gasteiger partial charge in [-0.25, -0.2) is 4.79 Å². The largest absolute Gasteiger partial charge is 0.490 e. The van der Waals surface area contributed by atoms with Gasteiger partial charge in [0.15, 0.2) is 0 Å². The third-order valence-electron chi connectivity index (χ3n) is 3.49. The molecular formula is C21H17ClO4. The second kappa shape index (κ2) is 8.92. The van der Waals surface area contributed by atoms with Gasteiger partial charge in [-0.1, -0.05) is 41.9 Å². The summed E-state index contributed by atoms with van der Waals surface area (Å²) in [7, 11) is 0. The molecule has 5 heteroatoms. The average molecular weight is 369 g/mol. The lowest BCUT2D eigenvalue weighted by molar-refractivity contribution is 0.0735. The summed E-state index contributed by atoms with van der Waals surface area (Å²) < 4.78 is 16.4. The third-order valence-corrected chi connectivity index (χ3v) is 3.81. The Morgan fingerprint density at radius 2 is 1.31 bits per heavy atom. The summed E-state index contributed by atoms with van der Waals surface area (Å²) in [4.78, 5) is 12.2. The molecule has 0 heterocycles. The highest BCUT2D eigenvalue weighted by Crippen LogP contribution is 2.24. The molecule has 0 radical (unpaired) electrons. The van der Waals surface area contributed by atoms with E-state index in [9.17, 15) is 4.79 Å². The Bertz CT molecular complexity index is 847. The molecule has 0 aliphatic carbocycles. The molecule has 0 unspecified atom stereocenters. The van der Waals surface area contributed by atoms with E-state index < -0.39 is 5.97 Å². The predicted molar refractivity (Wildman–Crippen MR) is 100 cm³/mol. The van der Waals surface area contributed by atoms with E-state index in [1.807, 2.05) is 30.3 Å². The molecule has 3 aromatic carbocycles. The second-order valence-corrected chi connectivity index (χ2v) is 5.76. The van der Waals surface area contributed by atoms with Crippen molar-refractivity contribution in [3.05, 3.63) is 89.4 Å². The maximum Gasteiger partial charge on any atom is 0.343 e. The molecule has 4 nitrogen and oxygen atoms in total. The Morgan fingerprint density at radius 1 is 0.731 bits per heavy atom. The van der Waals surface area contributed by atoms with Gasteiger partial charge in [-0.3, -0.25) is 0 Å². The summed E-state index contributed by atoms with van der Waals surface area (Å²) in [5.41, 5.74) is 0.415. The van der Waals surface area contributed by atoms with Crippen molar-refractivity contribution in [1.82, 2.24) is 0 Å². The summed E-state index contributed by atoms with van der Waals surface area (Å²) >= 11 is 5.99. The fourth-order valence-corrected chi connectivity index (χ4v) is 2.38.